The molecule has 1 unspecified atom stereocenters. The van der Waals surface area contributed by atoms with Crippen LogP contribution in [0.1, 0.15) is 38.8 Å². The highest BCUT2D eigenvalue weighted by atomic mass is 32.1. The van der Waals surface area contributed by atoms with E-state index in [1.807, 2.05) is 31.3 Å². The Morgan fingerprint density at radius 2 is 2.14 bits per heavy atom. The van der Waals surface area contributed by atoms with E-state index in [0.717, 1.165) is 15.7 Å². The average molecular weight is 399 g/mol. The molecule has 1 saturated heterocycles. The summed E-state index contributed by atoms with van der Waals surface area (Å²) in [4.78, 5) is 28.8. The van der Waals surface area contributed by atoms with Gasteiger partial charge in [0.05, 0.1) is 24.5 Å². The minimum Gasteiger partial charge on any atom is -0.436 e. The second-order valence-electron chi connectivity index (χ2n) is 6.61. The molecule has 146 valence electrons. The van der Waals surface area contributed by atoms with Gasteiger partial charge in [0.25, 0.3) is 5.91 Å². The fourth-order valence-corrected chi connectivity index (χ4v) is 3.78. The van der Waals surface area contributed by atoms with E-state index in [-0.39, 0.29) is 12.0 Å². The Hall–Kier alpha value is -2.78. The van der Waals surface area contributed by atoms with Gasteiger partial charge in [-0.3, -0.25) is 4.79 Å². The molecule has 0 spiro atoms. The minimum absolute atomic E-state index is 0.168. The molecule has 1 N–H and O–H groups in total. The largest absolute Gasteiger partial charge is 0.436 e. The van der Waals surface area contributed by atoms with Crippen molar-refractivity contribution >= 4 is 28.2 Å². The quantitative estimate of drug-likeness (QED) is 0.718. The topological polar surface area (TPSA) is 93.4 Å². The molecular formula is C19H21N5O3S. The zero-order valence-electron chi connectivity index (χ0n) is 15.9. The van der Waals surface area contributed by atoms with Gasteiger partial charge in [0.2, 0.25) is 5.76 Å². The van der Waals surface area contributed by atoms with Crippen molar-refractivity contribution < 1.29 is 13.9 Å². The van der Waals surface area contributed by atoms with Crippen LogP contribution in [-0.4, -0.2) is 45.5 Å². The Morgan fingerprint density at radius 3 is 2.86 bits per heavy atom. The van der Waals surface area contributed by atoms with E-state index in [4.69, 9.17) is 9.15 Å². The zero-order valence-corrected chi connectivity index (χ0v) is 16.7. The number of aryl methyl sites for hydroxylation is 3. The molecule has 0 radical (unpaired) electrons. The van der Waals surface area contributed by atoms with Crippen LogP contribution in [0.5, 0.6) is 0 Å². The first-order valence-electron chi connectivity index (χ1n) is 9.01. The van der Waals surface area contributed by atoms with Crippen LogP contribution in [0.2, 0.25) is 0 Å². The summed E-state index contributed by atoms with van der Waals surface area (Å²) in [5.74, 6) is 1.31. The summed E-state index contributed by atoms with van der Waals surface area (Å²) >= 11 is 1.57. The molecule has 28 heavy (non-hydrogen) atoms. The number of ether oxygens (including phenoxy) is 1. The molecule has 0 aliphatic carbocycles. The van der Waals surface area contributed by atoms with Gasteiger partial charge in [-0.15, -0.1) is 11.3 Å². The van der Waals surface area contributed by atoms with Crippen LogP contribution in [0.15, 0.2) is 28.8 Å². The fourth-order valence-electron chi connectivity index (χ4n) is 3.11. The summed E-state index contributed by atoms with van der Waals surface area (Å²) < 4.78 is 11.4. The number of hydrogen-bond acceptors (Lipinski definition) is 8. The van der Waals surface area contributed by atoms with Crippen LogP contribution >= 0.6 is 11.3 Å². The predicted molar refractivity (Wildman–Crippen MR) is 105 cm³/mol. The number of thiazole rings is 1. The van der Waals surface area contributed by atoms with Crippen LogP contribution in [0.25, 0.3) is 0 Å². The zero-order chi connectivity index (χ0) is 19.7. The number of oxazole rings is 1. The van der Waals surface area contributed by atoms with Crippen molar-refractivity contribution in [3.05, 3.63) is 52.3 Å². The van der Waals surface area contributed by atoms with E-state index in [9.17, 15) is 4.79 Å². The second-order valence-corrected chi connectivity index (χ2v) is 7.84. The van der Waals surface area contributed by atoms with Crippen LogP contribution in [0, 0.1) is 20.8 Å². The maximum absolute atomic E-state index is 12.8. The minimum atomic E-state index is -0.304. The van der Waals surface area contributed by atoms with E-state index < -0.39 is 0 Å². The number of aromatic nitrogens is 3. The number of amides is 1. The highest BCUT2D eigenvalue weighted by Gasteiger charge is 2.30. The molecule has 9 heteroatoms. The molecule has 0 aromatic carbocycles. The third-order valence-electron chi connectivity index (χ3n) is 4.41. The maximum Gasteiger partial charge on any atom is 0.291 e. The Labute approximate surface area is 166 Å². The summed E-state index contributed by atoms with van der Waals surface area (Å²) in [6.45, 7) is 6.87. The first kappa shape index (κ1) is 18.6. The van der Waals surface area contributed by atoms with E-state index >= 15 is 0 Å². The summed E-state index contributed by atoms with van der Waals surface area (Å²) in [5.41, 5.74) is 1.37. The fraction of sp³-hybridized carbons (Fsp3) is 0.368. The highest BCUT2D eigenvalue weighted by Crippen LogP contribution is 2.26. The van der Waals surface area contributed by atoms with Crippen LogP contribution in [0.3, 0.4) is 0 Å². The van der Waals surface area contributed by atoms with Crippen molar-refractivity contribution in [2.75, 3.05) is 25.0 Å². The number of carbonyl (C=O) groups excluding carboxylic acids is 1. The normalized spacial score (nSPS) is 17.0. The number of rotatable bonds is 4. The van der Waals surface area contributed by atoms with Crippen molar-refractivity contribution in [3.63, 3.8) is 0 Å². The van der Waals surface area contributed by atoms with Crippen molar-refractivity contribution in [3.8, 4) is 0 Å². The number of hydrogen-bond donors (Lipinski definition) is 1. The molecule has 8 nitrogen and oxygen atoms in total. The van der Waals surface area contributed by atoms with Gasteiger partial charge in [-0.25, -0.2) is 15.0 Å². The Balaban J connectivity index is 1.49. The van der Waals surface area contributed by atoms with E-state index in [1.165, 1.54) is 0 Å². The van der Waals surface area contributed by atoms with E-state index in [2.05, 4.69) is 20.3 Å². The first-order chi connectivity index (χ1) is 13.5. The second kappa shape index (κ2) is 7.69. The van der Waals surface area contributed by atoms with Crippen molar-refractivity contribution in [1.29, 1.82) is 0 Å². The SMILES string of the molecule is Cc1nc(C)c(C(=O)N2CCOC(c3cccc(Nc4ncc(C)s4)n3)C2)o1. The smallest absolute Gasteiger partial charge is 0.291 e. The van der Waals surface area contributed by atoms with Crippen molar-refractivity contribution in [2.45, 2.75) is 26.9 Å². The molecule has 0 saturated carbocycles. The molecule has 3 aromatic rings. The first-order valence-corrected chi connectivity index (χ1v) is 9.82. The molecular weight excluding hydrogens is 378 g/mol. The highest BCUT2D eigenvalue weighted by molar-refractivity contribution is 7.15. The third kappa shape index (κ3) is 3.90. The van der Waals surface area contributed by atoms with E-state index in [0.29, 0.717) is 42.9 Å². The molecule has 1 aliphatic heterocycles. The lowest BCUT2D eigenvalue weighted by atomic mass is 10.1. The Kier molecular flexibility index (Phi) is 5.10. The predicted octanol–water partition coefficient (Wildman–Crippen LogP) is 3.41. The molecule has 4 rings (SSSR count). The van der Waals surface area contributed by atoms with Gasteiger partial charge in [-0.1, -0.05) is 6.07 Å². The van der Waals surface area contributed by atoms with Gasteiger partial charge < -0.3 is 19.4 Å². The molecule has 1 aliphatic rings. The monoisotopic (exact) mass is 399 g/mol. The van der Waals surface area contributed by atoms with Gasteiger partial charge in [-0.05, 0) is 26.0 Å². The summed E-state index contributed by atoms with van der Waals surface area (Å²) in [7, 11) is 0. The number of carbonyl (C=O) groups is 1. The standard InChI is InChI=1S/C19H21N5O3S/c1-11-9-20-19(28-11)23-16-6-4-5-14(22-16)15-10-24(7-8-26-15)18(25)17-12(2)21-13(3)27-17/h4-6,9,15H,7-8,10H2,1-3H3,(H,20,22,23). The number of morpholine rings is 1. The number of nitrogens with one attached hydrogen (secondary N) is 1. The van der Waals surface area contributed by atoms with Crippen molar-refractivity contribution in [2.24, 2.45) is 0 Å². The lowest BCUT2D eigenvalue weighted by Gasteiger charge is -2.32. The maximum atomic E-state index is 12.8. The van der Waals surface area contributed by atoms with Gasteiger partial charge in [-0.2, -0.15) is 0 Å². The van der Waals surface area contributed by atoms with Gasteiger partial charge >= 0.3 is 0 Å². The van der Waals surface area contributed by atoms with Gasteiger partial charge in [0.1, 0.15) is 11.9 Å². The van der Waals surface area contributed by atoms with Crippen LogP contribution < -0.4 is 5.32 Å². The summed E-state index contributed by atoms with van der Waals surface area (Å²) in [5, 5.41) is 4.00. The van der Waals surface area contributed by atoms with Gasteiger partial charge in [0.15, 0.2) is 11.0 Å². The molecule has 1 atom stereocenters. The van der Waals surface area contributed by atoms with Gasteiger partial charge in [0, 0.05) is 24.5 Å². The third-order valence-corrected chi connectivity index (χ3v) is 5.24. The lowest BCUT2D eigenvalue weighted by molar-refractivity contribution is -0.0256. The Bertz CT molecular complexity index is 999. The number of anilines is 2. The number of nitrogens with zero attached hydrogens (tertiary/aromatic N) is 4. The van der Waals surface area contributed by atoms with E-state index in [1.54, 1.807) is 30.1 Å². The molecule has 1 amide bonds. The summed E-state index contributed by atoms with van der Waals surface area (Å²) in [6, 6.07) is 5.70. The Morgan fingerprint density at radius 1 is 1.29 bits per heavy atom. The molecule has 3 aromatic heterocycles. The molecule has 1 fully saturated rings. The average Bonchev–Trinajstić information content (AvgIpc) is 3.25. The molecule has 0 bridgehead atoms. The lowest BCUT2D eigenvalue weighted by Crippen LogP contribution is -2.42. The van der Waals surface area contributed by atoms with Crippen LogP contribution in [0.4, 0.5) is 10.9 Å². The van der Waals surface area contributed by atoms with Crippen molar-refractivity contribution in [1.82, 2.24) is 19.9 Å². The number of pyridine rings is 1. The van der Waals surface area contributed by atoms with Crippen LogP contribution in [-0.2, 0) is 4.74 Å². The molecule has 4 heterocycles. The summed E-state index contributed by atoms with van der Waals surface area (Å²) in [6.07, 6.45) is 1.51.